The molecule has 1 N–H and O–H groups in total. The highest BCUT2D eigenvalue weighted by Crippen LogP contribution is 2.18. The zero-order chi connectivity index (χ0) is 23.8. The molecule has 1 aromatic heterocycles. The van der Waals surface area contributed by atoms with Crippen molar-refractivity contribution in [2.75, 3.05) is 25.6 Å². The fraction of sp³-hybridized carbons (Fsp3) is 0.107. The average molecular weight is 450 g/mol. The minimum absolute atomic E-state index is 0.346. The Labute approximate surface area is 198 Å². The molecule has 0 unspecified atom stereocenters. The van der Waals surface area contributed by atoms with Crippen molar-refractivity contribution in [2.45, 2.75) is 0 Å². The third-order valence-corrected chi connectivity index (χ3v) is 5.22. The Bertz CT molecular complexity index is 1350. The number of ether oxygens (including phenoxy) is 2. The minimum Gasteiger partial charge on any atom is -0.489 e. The van der Waals surface area contributed by atoms with Crippen LogP contribution in [0.2, 0.25) is 0 Å². The summed E-state index contributed by atoms with van der Waals surface area (Å²) in [5, 5.41) is 13.5. The highest BCUT2D eigenvalue weighted by atomic mass is 16.5. The van der Waals surface area contributed by atoms with E-state index < -0.39 is 0 Å². The molecule has 6 heteroatoms. The summed E-state index contributed by atoms with van der Waals surface area (Å²) in [6.07, 6.45) is 3.83. The number of methoxy groups -OCH3 is 1. The van der Waals surface area contributed by atoms with Crippen LogP contribution in [0.5, 0.6) is 5.75 Å². The third kappa shape index (κ3) is 5.78. The van der Waals surface area contributed by atoms with Crippen molar-refractivity contribution in [3.8, 4) is 11.8 Å². The van der Waals surface area contributed by atoms with E-state index in [9.17, 15) is 4.79 Å². The number of fused-ring (bicyclic) bond motifs is 1. The molecule has 0 saturated heterocycles. The average Bonchev–Trinajstić information content (AvgIpc) is 2.90. The highest BCUT2D eigenvalue weighted by molar-refractivity contribution is 5.89. The molecular weight excluding hydrogens is 426 g/mol. The van der Waals surface area contributed by atoms with Crippen LogP contribution in [0.15, 0.2) is 90.6 Å². The normalized spacial score (nSPS) is 11.0. The van der Waals surface area contributed by atoms with E-state index in [1.807, 2.05) is 48.7 Å². The van der Waals surface area contributed by atoms with Crippen molar-refractivity contribution < 1.29 is 14.3 Å². The van der Waals surface area contributed by atoms with Crippen LogP contribution in [0.4, 0.5) is 5.69 Å². The lowest BCUT2D eigenvalue weighted by Crippen LogP contribution is -2.12. The summed E-state index contributed by atoms with van der Waals surface area (Å²) < 4.78 is 10.7. The van der Waals surface area contributed by atoms with Gasteiger partial charge in [0, 0.05) is 11.9 Å². The van der Waals surface area contributed by atoms with Crippen molar-refractivity contribution in [1.29, 1.82) is 5.26 Å². The molecule has 168 valence electrons. The maximum atomic E-state index is 11.7. The first-order valence-electron chi connectivity index (χ1n) is 10.7. The SMILES string of the molecule is COC(=O)c1ccc(C=C(CNc2cnc3ccccc3c2)COc2ccc(C#N)cc2)cc1. The summed E-state index contributed by atoms with van der Waals surface area (Å²) in [5.74, 6) is 0.309. The lowest BCUT2D eigenvalue weighted by atomic mass is 10.1. The molecule has 0 aliphatic heterocycles. The molecule has 0 fully saturated rings. The number of aromatic nitrogens is 1. The van der Waals surface area contributed by atoms with Crippen LogP contribution in [-0.4, -0.2) is 31.2 Å². The first-order valence-corrected chi connectivity index (χ1v) is 10.7. The highest BCUT2D eigenvalue weighted by Gasteiger charge is 2.06. The molecule has 0 saturated carbocycles. The first-order chi connectivity index (χ1) is 16.6. The molecule has 0 radical (unpaired) electrons. The second-order valence-electron chi connectivity index (χ2n) is 7.61. The lowest BCUT2D eigenvalue weighted by molar-refractivity contribution is 0.0600. The Balaban J connectivity index is 1.52. The monoisotopic (exact) mass is 449 g/mol. The molecule has 4 rings (SSSR count). The zero-order valence-electron chi connectivity index (χ0n) is 18.7. The number of pyridine rings is 1. The number of para-hydroxylation sites is 1. The van der Waals surface area contributed by atoms with E-state index in [0.717, 1.165) is 27.7 Å². The molecule has 6 nitrogen and oxygen atoms in total. The minimum atomic E-state index is -0.370. The number of anilines is 1. The van der Waals surface area contributed by atoms with Crippen molar-refractivity contribution >= 4 is 28.6 Å². The Morgan fingerprint density at radius 2 is 1.82 bits per heavy atom. The van der Waals surface area contributed by atoms with E-state index in [2.05, 4.69) is 22.4 Å². The van der Waals surface area contributed by atoms with Gasteiger partial charge in [0.15, 0.2) is 0 Å². The van der Waals surface area contributed by atoms with Gasteiger partial charge in [0.1, 0.15) is 12.4 Å². The molecule has 1 heterocycles. The van der Waals surface area contributed by atoms with Crippen molar-refractivity contribution in [3.63, 3.8) is 0 Å². The summed E-state index contributed by atoms with van der Waals surface area (Å²) in [6, 6.07) is 26.3. The van der Waals surface area contributed by atoms with E-state index in [4.69, 9.17) is 14.7 Å². The maximum Gasteiger partial charge on any atom is 0.337 e. The Morgan fingerprint density at radius 3 is 2.56 bits per heavy atom. The van der Waals surface area contributed by atoms with Gasteiger partial charge in [-0.1, -0.05) is 36.4 Å². The number of rotatable bonds is 8. The number of benzene rings is 3. The fourth-order valence-electron chi connectivity index (χ4n) is 3.40. The molecule has 4 aromatic rings. The number of hydrogen-bond donors (Lipinski definition) is 1. The van der Waals surface area contributed by atoms with Gasteiger partial charge in [-0.05, 0) is 59.7 Å². The second kappa shape index (κ2) is 10.8. The molecule has 0 spiro atoms. The maximum absolute atomic E-state index is 11.7. The van der Waals surface area contributed by atoms with Gasteiger partial charge in [-0.25, -0.2) is 4.79 Å². The van der Waals surface area contributed by atoms with E-state index in [0.29, 0.717) is 30.0 Å². The second-order valence-corrected chi connectivity index (χ2v) is 7.61. The summed E-state index contributed by atoms with van der Waals surface area (Å²) in [6.45, 7) is 0.883. The van der Waals surface area contributed by atoms with Crippen LogP contribution in [0.1, 0.15) is 21.5 Å². The van der Waals surface area contributed by atoms with Gasteiger partial charge in [0.2, 0.25) is 0 Å². The van der Waals surface area contributed by atoms with Gasteiger partial charge in [-0.2, -0.15) is 5.26 Å². The third-order valence-electron chi connectivity index (χ3n) is 5.22. The van der Waals surface area contributed by atoms with Crippen LogP contribution in [0, 0.1) is 11.3 Å². The molecule has 0 bridgehead atoms. The van der Waals surface area contributed by atoms with Gasteiger partial charge >= 0.3 is 5.97 Å². The number of carbonyl (C=O) groups is 1. The summed E-state index contributed by atoms with van der Waals surface area (Å²) >= 11 is 0. The van der Waals surface area contributed by atoms with Crippen LogP contribution in [0.25, 0.3) is 17.0 Å². The number of esters is 1. The number of nitrogens with zero attached hydrogens (tertiary/aromatic N) is 2. The topological polar surface area (TPSA) is 84.2 Å². The van der Waals surface area contributed by atoms with Gasteiger partial charge in [0.25, 0.3) is 0 Å². The van der Waals surface area contributed by atoms with Gasteiger partial charge in [-0.3, -0.25) is 4.98 Å². The van der Waals surface area contributed by atoms with Crippen molar-refractivity contribution in [2.24, 2.45) is 0 Å². The van der Waals surface area contributed by atoms with Gasteiger partial charge < -0.3 is 14.8 Å². The van der Waals surface area contributed by atoms with Crippen LogP contribution in [0.3, 0.4) is 0 Å². The zero-order valence-corrected chi connectivity index (χ0v) is 18.7. The lowest BCUT2D eigenvalue weighted by Gasteiger charge is -2.13. The van der Waals surface area contributed by atoms with Gasteiger partial charge in [0.05, 0.1) is 41.7 Å². The van der Waals surface area contributed by atoms with E-state index in [1.165, 1.54) is 7.11 Å². The van der Waals surface area contributed by atoms with Crippen molar-refractivity contribution in [1.82, 2.24) is 4.98 Å². The molecule has 0 amide bonds. The smallest absolute Gasteiger partial charge is 0.337 e. The largest absolute Gasteiger partial charge is 0.489 e. The van der Waals surface area contributed by atoms with E-state index in [1.54, 1.807) is 36.4 Å². The first kappa shape index (κ1) is 22.6. The summed E-state index contributed by atoms with van der Waals surface area (Å²) in [4.78, 5) is 16.2. The summed E-state index contributed by atoms with van der Waals surface area (Å²) in [5.41, 5.74) is 4.85. The molecule has 34 heavy (non-hydrogen) atoms. The van der Waals surface area contributed by atoms with E-state index >= 15 is 0 Å². The predicted molar refractivity (Wildman–Crippen MR) is 133 cm³/mol. The number of hydrogen-bond acceptors (Lipinski definition) is 6. The Kier molecular flexibility index (Phi) is 7.16. The number of nitriles is 1. The number of nitrogens with one attached hydrogen (secondary N) is 1. The summed E-state index contributed by atoms with van der Waals surface area (Å²) in [7, 11) is 1.36. The van der Waals surface area contributed by atoms with Crippen LogP contribution >= 0.6 is 0 Å². The van der Waals surface area contributed by atoms with Crippen LogP contribution in [-0.2, 0) is 4.74 Å². The quantitative estimate of drug-likeness (QED) is 0.359. The Morgan fingerprint density at radius 1 is 1.06 bits per heavy atom. The molecule has 0 atom stereocenters. The standard InChI is InChI=1S/C28H23N3O3/c1-33-28(32)23-10-6-20(7-11-23)14-22(19-34-26-12-8-21(16-29)9-13-26)17-30-25-15-24-4-2-3-5-27(24)31-18-25/h2-15,18,30H,17,19H2,1H3. The molecular formula is C28H23N3O3. The number of carbonyl (C=O) groups excluding carboxylic acids is 1. The fourth-order valence-corrected chi connectivity index (χ4v) is 3.40. The van der Waals surface area contributed by atoms with Gasteiger partial charge in [-0.15, -0.1) is 0 Å². The van der Waals surface area contributed by atoms with Crippen LogP contribution < -0.4 is 10.1 Å². The molecule has 0 aliphatic rings. The molecule has 3 aromatic carbocycles. The van der Waals surface area contributed by atoms with Crippen molar-refractivity contribution in [3.05, 3.63) is 107 Å². The Hall–Kier alpha value is -4.63. The van der Waals surface area contributed by atoms with E-state index in [-0.39, 0.29) is 5.97 Å². The molecule has 0 aliphatic carbocycles. The predicted octanol–water partition coefficient (Wildman–Crippen LogP) is 5.47.